The zero-order chi connectivity index (χ0) is 13.8. The molecular formula is C16H26BrNO. The van der Waals surface area contributed by atoms with Crippen LogP contribution in [0.3, 0.4) is 0 Å². The molecule has 3 heteroatoms. The topological polar surface area (TPSA) is 29.1 Å². The average Bonchev–Trinajstić information content (AvgIpc) is 2.24. The first kappa shape index (κ1) is 13.9. The lowest BCUT2D eigenvalue weighted by molar-refractivity contribution is -0.145. The normalized spacial score (nSPS) is 45.5. The highest BCUT2D eigenvalue weighted by Crippen LogP contribution is 2.64. The molecule has 1 N–H and O–H groups in total. The first-order chi connectivity index (χ1) is 8.82. The van der Waals surface area contributed by atoms with Gasteiger partial charge < -0.3 is 5.32 Å². The van der Waals surface area contributed by atoms with Crippen LogP contribution in [-0.2, 0) is 4.79 Å². The van der Waals surface area contributed by atoms with Gasteiger partial charge in [0.15, 0.2) is 0 Å². The molecule has 0 heterocycles. The van der Waals surface area contributed by atoms with Crippen molar-refractivity contribution in [3.63, 3.8) is 0 Å². The Morgan fingerprint density at radius 3 is 2.21 bits per heavy atom. The summed E-state index contributed by atoms with van der Waals surface area (Å²) in [5.74, 6) is 2.41. The third kappa shape index (κ3) is 2.36. The van der Waals surface area contributed by atoms with E-state index in [-0.39, 0.29) is 15.8 Å². The average molecular weight is 328 g/mol. The van der Waals surface area contributed by atoms with Gasteiger partial charge in [-0.25, -0.2) is 0 Å². The minimum atomic E-state index is -0.0588. The zero-order valence-electron chi connectivity index (χ0n) is 12.3. The van der Waals surface area contributed by atoms with Crippen LogP contribution in [0.15, 0.2) is 0 Å². The third-order valence-corrected chi connectivity index (χ3v) is 6.76. The monoisotopic (exact) mass is 327 g/mol. The zero-order valence-corrected chi connectivity index (χ0v) is 13.9. The van der Waals surface area contributed by atoms with E-state index >= 15 is 0 Å². The fraction of sp³-hybridized carbons (Fsp3) is 0.938. The number of hydrogen-bond acceptors (Lipinski definition) is 1. The van der Waals surface area contributed by atoms with Crippen LogP contribution in [0, 0.1) is 23.2 Å². The molecule has 19 heavy (non-hydrogen) atoms. The van der Waals surface area contributed by atoms with E-state index in [0.717, 1.165) is 31.1 Å². The van der Waals surface area contributed by atoms with Crippen molar-refractivity contribution in [3.8, 4) is 0 Å². The van der Waals surface area contributed by atoms with Gasteiger partial charge in [-0.15, -0.1) is 0 Å². The van der Waals surface area contributed by atoms with Crippen LogP contribution in [0.4, 0.5) is 0 Å². The molecule has 2 nitrogen and oxygen atoms in total. The van der Waals surface area contributed by atoms with Gasteiger partial charge in [0.2, 0.25) is 5.91 Å². The van der Waals surface area contributed by atoms with Crippen LogP contribution < -0.4 is 5.32 Å². The van der Waals surface area contributed by atoms with E-state index < -0.39 is 0 Å². The molecule has 4 rings (SSSR count). The summed E-state index contributed by atoms with van der Waals surface area (Å²) in [6.07, 6.45) is 7.27. The summed E-state index contributed by atoms with van der Waals surface area (Å²) < 4.78 is 0.273. The number of carbonyl (C=O) groups excluding carboxylic acids is 1. The highest BCUT2D eigenvalue weighted by molar-refractivity contribution is 9.10. The van der Waals surface area contributed by atoms with Gasteiger partial charge in [0, 0.05) is 10.4 Å². The molecule has 3 unspecified atom stereocenters. The van der Waals surface area contributed by atoms with Crippen LogP contribution in [0.2, 0.25) is 0 Å². The number of hydrogen-bond donors (Lipinski definition) is 1. The smallest absolute Gasteiger partial charge is 0.226 e. The Balaban J connectivity index is 1.78. The Kier molecular flexibility index (Phi) is 3.28. The predicted octanol–water partition coefficient (Wildman–Crippen LogP) is 3.88. The minimum absolute atomic E-state index is 0.0588. The molecule has 4 saturated carbocycles. The maximum absolute atomic E-state index is 12.8. The number of alkyl halides is 1. The van der Waals surface area contributed by atoms with Crippen molar-refractivity contribution in [2.45, 2.75) is 69.7 Å². The van der Waals surface area contributed by atoms with Gasteiger partial charge in [-0.1, -0.05) is 29.8 Å². The molecule has 0 aromatic carbocycles. The maximum Gasteiger partial charge on any atom is 0.226 e. The summed E-state index contributed by atoms with van der Waals surface area (Å²) in [7, 11) is 0. The van der Waals surface area contributed by atoms with E-state index in [1.807, 2.05) is 0 Å². The van der Waals surface area contributed by atoms with Crippen LogP contribution in [-0.4, -0.2) is 16.3 Å². The van der Waals surface area contributed by atoms with E-state index in [1.54, 1.807) is 0 Å². The van der Waals surface area contributed by atoms with Gasteiger partial charge in [-0.05, 0) is 63.2 Å². The first-order valence-corrected chi connectivity index (χ1v) is 8.61. The number of rotatable bonds is 3. The maximum atomic E-state index is 12.8. The highest BCUT2D eigenvalue weighted by atomic mass is 79.9. The van der Waals surface area contributed by atoms with E-state index in [4.69, 9.17) is 0 Å². The fourth-order valence-electron chi connectivity index (χ4n) is 4.94. The highest BCUT2D eigenvalue weighted by Gasteiger charge is 2.59. The molecule has 0 radical (unpaired) electrons. The lowest BCUT2D eigenvalue weighted by Crippen LogP contribution is -2.59. The molecule has 0 saturated heterocycles. The molecule has 4 bridgehead atoms. The fourth-order valence-corrected chi connectivity index (χ4v) is 6.40. The molecule has 4 aliphatic rings. The van der Waals surface area contributed by atoms with Gasteiger partial charge in [-0.3, -0.25) is 4.79 Å². The molecule has 4 aliphatic carbocycles. The van der Waals surface area contributed by atoms with Gasteiger partial charge in [0.1, 0.15) is 0 Å². The SMILES string of the molecule is CC(C)C(C)NC(=O)C12CC3CC(CC(Br)(C3)C1)C2. The predicted molar refractivity (Wildman–Crippen MR) is 81.2 cm³/mol. The largest absolute Gasteiger partial charge is 0.353 e. The number of carbonyl (C=O) groups is 1. The van der Waals surface area contributed by atoms with Crippen molar-refractivity contribution >= 4 is 21.8 Å². The van der Waals surface area contributed by atoms with Crippen molar-refractivity contribution < 1.29 is 4.79 Å². The van der Waals surface area contributed by atoms with E-state index in [0.29, 0.717) is 11.8 Å². The van der Waals surface area contributed by atoms with Crippen LogP contribution in [0.5, 0.6) is 0 Å². The summed E-state index contributed by atoms with van der Waals surface area (Å²) in [6.45, 7) is 6.49. The summed E-state index contributed by atoms with van der Waals surface area (Å²) >= 11 is 3.98. The second kappa shape index (κ2) is 4.47. The summed E-state index contributed by atoms with van der Waals surface area (Å²) in [5, 5.41) is 3.29. The van der Waals surface area contributed by atoms with Crippen molar-refractivity contribution in [2.75, 3.05) is 0 Å². The molecule has 3 atom stereocenters. The van der Waals surface area contributed by atoms with Gasteiger partial charge in [0.25, 0.3) is 0 Å². The quantitative estimate of drug-likeness (QED) is 0.783. The molecule has 1 amide bonds. The Morgan fingerprint density at radius 2 is 1.74 bits per heavy atom. The molecule has 108 valence electrons. The van der Waals surface area contributed by atoms with Crippen molar-refractivity contribution in [1.82, 2.24) is 5.32 Å². The van der Waals surface area contributed by atoms with Crippen molar-refractivity contribution in [1.29, 1.82) is 0 Å². The van der Waals surface area contributed by atoms with Crippen LogP contribution in [0.1, 0.15) is 59.3 Å². The van der Waals surface area contributed by atoms with E-state index in [2.05, 4.69) is 42.0 Å². The summed E-state index contributed by atoms with van der Waals surface area (Å²) in [4.78, 5) is 12.8. The van der Waals surface area contributed by atoms with Crippen molar-refractivity contribution in [2.24, 2.45) is 23.2 Å². The minimum Gasteiger partial charge on any atom is -0.353 e. The second-order valence-electron chi connectivity index (χ2n) is 7.90. The van der Waals surface area contributed by atoms with Gasteiger partial charge >= 0.3 is 0 Å². The van der Waals surface area contributed by atoms with Gasteiger partial charge in [0.05, 0.1) is 5.41 Å². The lowest BCUT2D eigenvalue weighted by atomic mass is 9.49. The molecule has 4 fully saturated rings. The summed E-state index contributed by atoms with van der Waals surface area (Å²) in [5.41, 5.74) is -0.0588. The first-order valence-electron chi connectivity index (χ1n) is 7.82. The molecule has 0 spiro atoms. The number of amides is 1. The van der Waals surface area contributed by atoms with Crippen molar-refractivity contribution in [3.05, 3.63) is 0 Å². The number of halogens is 1. The van der Waals surface area contributed by atoms with Crippen LogP contribution >= 0.6 is 15.9 Å². The summed E-state index contributed by atoms with van der Waals surface area (Å²) in [6, 6.07) is 0.284. The third-order valence-electron chi connectivity index (χ3n) is 5.83. The Hall–Kier alpha value is -0.0500. The second-order valence-corrected chi connectivity index (χ2v) is 9.58. The van der Waals surface area contributed by atoms with E-state index in [9.17, 15) is 4.79 Å². The molecule has 0 aliphatic heterocycles. The Bertz CT molecular complexity index is 378. The lowest BCUT2D eigenvalue weighted by Gasteiger charge is -2.59. The molecule has 0 aromatic heterocycles. The Labute approximate surface area is 125 Å². The standard InChI is InChI=1S/C16H26BrNO/c1-10(2)11(3)18-14(19)15-5-12-4-13(6-15)8-16(17,7-12)9-15/h10-13H,4-9H2,1-3H3,(H,18,19). The number of nitrogens with one attached hydrogen (secondary N) is 1. The van der Waals surface area contributed by atoms with Crippen LogP contribution in [0.25, 0.3) is 0 Å². The van der Waals surface area contributed by atoms with E-state index in [1.165, 1.54) is 19.3 Å². The Morgan fingerprint density at radius 1 is 1.16 bits per heavy atom. The van der Waals surface area contributed by atoms with Gasteiger partial charge in [-0.2, -0.15) is 0 Å². The molecular weight excluding hydrogens is 302 g/mol. The molecule has 0 aromatic rings.